The van der Waals surface area contributed by atoms with Crippen molar-refractivity contribution >= 4 is 22.8 Å². The molecule has 0 saturated heterocycles. The molecule has 0 aliphatic rings. The minimum Gasteiger partial charge on any atom is -0.456 e. The molecule has 0 aliphatic carbocycles. The van der Waals surface area contributed by atoms with E-state index in [9.17, 15) is 14.4 Å². The van der Waals surface area contributed by atoms with E-state index in [4.69, 9.17) is 4.42 Å². The SMILES string of the molecule is CCC(C)C(=O)/C(C#N)=C/c1oc2ccc(F)cc2c1C. The Labute approximate surface area is 122 Å². The maximum absolute atomic E-state index is 13.3. The van der Waals surface area contributed by atoms with Crippen LogP contribution < -0.4 is 0 Å². The molecule has 1 aromatic carbocycles. The van der Waals surface area contributed by atoms with Crippen molar-refractivity contribution in [3.05, 3.63) is 40.9 Å². The maximum Gasteiger partial charge on any atom is 0.176 e. The predicted octanol–water partition coefficient (Wildman–Crippen LogP) is 4.40. The molecule has 1 aromatic heterocycles. The lowest BCUT2D eigenvalue weighted by Gasteiger charge is -2.05. The van der Waals surface area contributed by atoms with Gasteiger partial charge in [-0.05, 0) is 31.5 Å². The molecule has 108 valence electrons. The van der Waals surface area contributed by atoms with Gasteiger partial charge in [-0.15, -0.1) is 0 Å². The number of aryl methyl sites for hydroxylation is 1. The van der Waals surface area contributed by atoms with Gasteiger partial charge in [-0.2, -0.15) is 5.26 Å². The summed E-state index contributed by atoms with van der Waals surface area (Å²) >= 11 is 0. The van der Waals surface area contributed by atoms with Crippen molar-refractivity contribution < 1.29 is 13.6 Å². The van der Waals surface area contributed by atoms with Gasteiger partial charge in [0.05, 0.1) is 5.57 Å². The number of nitriles is 1. The molecule has 0 bridgehead atoms. The minimum atomic E-state index is -0.349. The molecule has 0 amide bonds. The lowest BCUT2D eigenvalue weighted by Crippen LogP contribution is -2.11. The van der Waals surface area contributed by atoms with Crippen molar-refractivity contribution in [1.29, 1.82) is 5.26 Å². The standard InChI is InChI=1S/C17H16FNO2/c1-4-10(2)17(20)12(9-19)7-16-11(3)14-8-13(18)5-6-15(14)21-16/h5-8,10H,4H2,1-3H3/b12-7+. The number of fused-ring (bicyclic) bond motifs is 1. The largest absolute Gasteiger partial charge is 0.456 e. The number of allylic oxidation sites excluding steroid dienone is 1. The quantitative estimate of drug-likeness (QED) is 0.618. The van der Waals surface area contributed by atoms with Crippen LogP contribution in [0.4, 0.5) is 4.39 Å². The molecule has 0 spiro atoms. The summed E-state index contributed by atoms with van der Waals surface area (Å²) in [6, 6.07) is 6.16. The number of hydrogen-bond donors (Lipinski definition) is 0. The zero-order chi connectivity index (χ0) is 15.6. The number of Topliss-reactive ketones (excluding diaryl/α,β-unsaturated/α-hetero) is 1. The molecular weight excluding hydrogens is 269 g/mol. The fraction of sp³-hybridized carbons (Fsp3) is 0.294. The van der Waals surface area contributed by atoms with E-state index >= 15 is 0 Å². The van der Waals surface area contributed by atoms with E-state index in [0.29, 0.717) is 28.7 Å². The van der Waals surface area contributed by atoms with Gasteiger partial charge >= 0.3 is 0 Å². The maximum atomic E-state index is 13.3. The molecule has 0 aliphatic heterocycles. The molecule has 0 fully saturated rings. The normalized spacial score (nSPS) is 13.2. The smallest absolute Gasteiger partial charge is 0.176 e. The van der Waals surface area contributed by atoms with Crippen molar-refractivity contribution in [3.8, 4) is 6.07 Å². The van der Waals surface area contributed by atoms with Crippen LogP contribution in [0.1, 0.15) is 31.6 Å². The number of hydrogen-bond acceptors (Lipinski definition) is 3. The molecule has 21 heavy (non-hydrogen) atoms. The second kappa shape index (κ2) is 5.92. The van der Waals surface area contributed by atoms with Crippen LogP contribution in [-0.4, -0.2) is 5.78 Å². The molecule has 1 unspecified atom stereocenters. The van der Waals surface area contributed by atoms with Crippen LogP contribution in [0.25, 0.3) is 17.0 Å². The van der Waals surface area contributed by atoms with E-state index < -0.39 is 0 Å². The fourth-order valence-corrected chi connectivity index (χ4v) is 2.09. The third-order valence-electron chi connectivity index (χ3n) is 3.66. The molecule has 0 N–H and O–H groups in total. The number of carbonyl (C=O) groups is 1. The Hall–Kier alpha value is -2.41. The molecule has 0 radical (unpaired) electrons. The van der Waals surface area contributed by atoms with Crippen LogP contribution in [0, 0.1) is 30.0 Å². The molecule has 2 aromatic rings. The van der Waals surface area contributed by atoms with E-state index in [1.807, 2.05) is 13.0 Å². The molecule has 1 atom stereocenters. The first-order valence-corrected chi connectivity index (χ1v) is 6.82. The summed E-state index contributed by atoms with van der Waals surface area (Å²) in [5.41, 5.74) is 1.31. The van der Waals surface area contributed by atoms with Gasteiger partial charge in [0, 0.05) is 22.9 Å². The lowest BCUT2D eigenvalue weighted by molar-refractivity contribution is -0.118. The molecular formula is C17H16FNO2. The van der Waals surface area contributed by atoms with E-state index in [-0.39, 0.29) is 23.1 Å². The van der Waals surface area contributed by atoms with Gasteiger partial charge in [0.1, 0.15) is 23.2 Å². The highest BCUT2D eigenvalue weighted by Gasteiger charge is 2.18. The van der Waals surface area contributed by atoms with E-state index in [2.05, 4.69) is 0 Å². The first kappa shape index (κ1) is 15.0. The Balaban J connectivity index is 2.51. The molecule has 3 nitrogen and oxygen atoms in total. The first-order valence-electron chi connectivity index (χ1n) is 6.82. The monoisotopic (exact) mass is 285 g/mol. The summed E-state index contributed by atoms with van der Waals surface area (Å²) in [6.07, 6.45) is 2.11. The number of nitrogens with zero attached hydrogens (tertiary/aromatic N) is 1. The van der Waals surface area contributed by atoms with Gasteiger partial charge < -0.3 is 4.42 Å². The van der Waals surface area contributed by atoms with Crippen LogP contribution in [0.3, 0.4) is 0 Å². The molecule has 4 heteroatoms. The van der Waals surface area contributed by atoms with Gasteiger partial charge in [-0.1, -0.05) is 13.8 Å². The third-order valence-corrected chi connectivity index (χ3v) is 3.66. The highest BCUT2D eigenvalue weighted by molar-refractivity contribution is 6.04. The Morgan fingerprint density at radius 1 is 1.52 bits per heavy atom. The summed E-state index contributed by atoms with van der Waals surface area (Å²) in [5.74, 6) is -0.342. The molecule has 2 rings (SSSR count). The van der Waals surface area contributed by atoms with Crippen molar-refractivity contribution in [3.63, 3.8) is 0 Å². The first-order chi connectivity index (χ1) is 9.97. The van der Waals surface area contributed by atoms with Crippen molar-refractivity contribution in [1.82, 2.24) is 0 Å². The zero-order valence-corrected chi connectivity index (χ0v) is 12.2. The van der Waals surface area contributed by atoms with Crippen LogP contribution in [0.5, 0.6) is 0 Å². The number of benzene rings is 1. The zero-order valence-electron chi connectivity index (χ0n) is 12.2. The average Bonchev–Trinajstić information content (AvgIpc) is 2.79. The Morgan fingerprint density at radius 3 is 2.86 bits per heavy atom. The van der Waals surface area contributed by atoms with Gasteiger partial charge in [-0.3, -0.25) is 4.79 Å². The molecule has 1 heterocycles. The van der Waals surface area contributed by atoms with Crippen molar-refractivity contribution in [2.75, 3.05) is 0 Å². The second-order valence-electron chi connectivity index (χ2n) is 5.08. The van der Waals surface area contributed by atoms with E-state index in [0.717, 1.165) is 0 Å². The number of furan rings is 1. The van der Waals surface area contributed by atoms with E-state index in [1.165, 1.54) is 24.3 Å². The minimum absolute atomic E-state index is 0.0620. The fourth-order valence-electron chi connectivity index (χ4n) is 2.09. The van der Waals surface area contributed by atoms with Gasteiger partial charge in [0.15, 0.2) is 5.78 Å². The van der Waals surface area contributed by atoms with E-state index in [1.54, 1.807) is 13.8 Å². The Morgan fingerprint density at radius 2 is 2.24 bits per heavy atom. The summed E-state index contributed by atoms with van der Waals surface area (Å²) in [5, 5.41) is 9.82. The van der Waals surface area contributed by atoms with Crippen LogP contribution in [-0.2, 0) is 4.79 Å². The highest BCUT2D eigenvalue weighted by Crippen LogP contribution is 2.28. The third kappa shape index (κ3) is 2.87. The number of ketones is 1. The average molecular weight is 285 g/mol. The van der Waals surface area contributed by atoms with Crippen LogP contribution in [0.15, 0.2) is 28.2 Å². The van der Waals surface area contributed by atoms with Crippen LogP contribution >= 0.6 is 0 Å². The Kier molecular flexibility index (Phi) is 4.23. The highest BCUT2D eigenvalue weighted by atomic mass is 19.1. The number of halogens is 1. The summed E-state index contributed by atoms with van der Waals surface area (Å²) in [7, 11) is 0. The second-order valence-corrected chi connectivity index (χ2v) is 5.08. The Bertz CT molecular complexity index is 765. The van der Waals surface area contributed by atoms with Crippen LogP contribution in [0.2, 0.25) is 0 Å². The summed E-state index contributed by atoms with van der Waals surface area (Å²) in [6.45, 7) is 5.46. The van der Waals surface area contributed by atoms with Gasteiger partial charge in [-0.25, -0.2) is 4.39 Å². The summed E-state index contributed by atoms with van der Waals surface area (Å²) < 4.78 is 18.9. The van der Waals surface area contributed by atoms with Crippen molar-refractivity contribution in [2.24, 2.45) is 5.92 Å². The number of carbonyl (C=O) groups excluding carboxylic acids is 1. The summed E-state index contributed by atoms with van der Waals surface area (Å²) in [4.78, 5) is 12.1. The van der Waals surface area contributed by atoms with Gasteiger partial charge in [0.25, 0.3) is 0 Å². The lowest BCUT2D eigenvalue weighted by atomic mass is 9.97. The molecule has 0 saturated carbocycles. The number of rotatable bonds is 4. The van der Waals surface area contributed by atoms with Gasteiger partial charge in [0.2, 0.25) is 0 Å². The predicted molar refractivity (Wildman–Crippen MR) is 79.0 cm³/mol. The topological polar surface area (TPSA) is 54.0 Å². The van der Waals surface area contributed by atoms with Crippen molar-refractivity contribution in [2.45, 2.75) is 27.2 Å².